The molecule has 1 atom stereocenters. The van der Waals surface area contributed by atoms with Crippen molar-refractivity contribution in [3.05, 3.63) is 29.8 Å². The Morgan fingerprint density at radius 2 is 1.72 bits per heavy atom. The van der Waals surface area contributed by atoms with Crippen molar-refractivity contribution in [2.75, 3.05) is 24.5 Å². The molecule has 1 aliphatic heterocycles. The summed E-state index contributed by atoms with van der Waals surface area (Å²) in [6.07, 6.45) is 3.02. The van der Waals surface area contributed by atoms with Gasteiger partial charge in [0, 0.05) is 37.7 Å². The number of carbonyl (C=O) groups is 3. The summed E-state index contributed by atoms with van der Waals surface area (Å²) in [7, 11) is 0. The number of benzene rings is 1. The van der Waals surface area contributed by atoms with Crippen molar-refractivity contribution in [2.24, 2.45) is 11.8 Å². The first kappa shape index (κ1) is 17.5. The standard InChI is InChI=1S/C19H25N3O3/c1-2-13-5-3-4-6-16(13)22-12-15(11-17(22)23)19(25)21-10-9-20-18(24)14-7-8-14/h3-6,14-15H,2,7-12H2,1H3,(H,20,24)(H,21,25). The van der Waals surface area contributed by atoms with Crippen molar-refractivity contribution >= 4 is 23.4 Å². The van der Waals surface area contributed by atoms with Gasteiger partial charge < -0.3 is 15.5 Å². The SMILES string of the molecule is CCc1ccccc1N1CC(C(=O)NCCNC(=O)C2CC2)CC1=O. The van der Waals surface area contributed by atoms with Gasteiger partial charge in [0.1, 0.15) is 0 Å². The van der Waals surface area contributed by atoms with E-state index >= 15 is 0 Å². The molecule has 0 bridgehead atoms. The van der Waals surface area contributed by atoms with Crippen molar-refractivity contribution in [2.45, 2.75) is 32.6 Å². The highest BCUT2D eigenvalue weighted by Crippen LogP contribution is 2.29. The molecule has 1 saturated carbocycles. The Morgan fingerprint density at radius 3 is 2.36 bits per heavy atom. The molecule has 1 saturated heterocycles. The van der Waals surface area contributed by atoms with E-state index in [0.29, 0.717) is 19.6 Å². The fourth-order valence-corrected chi connectivity index (χ4v) is 3.19. The molecule has 1 heterocycles. The van der Waals surface area contributed by atoms with Gasteiger partial charge in [0.05, 0.1) is 5.92 Å². The lowest BCUT2D eigenvalue weighted by molar-refractivity contribution is -0.126. The van der Waals surface area contributed by atoms with Gasteiger partial charge in [0.15, 0.2) is 0 Å². The van der Waals surface area contributed by atoms with Crippen LogP contribution in [0.4, 0.5) is 5.69 Å². The van der Waals surface area contributed by atoms with Gasteiger partial charge in [-0.1, -0.05) is 25.1 Å². The molecule has 1 aliphatic carbocycles. The first-order valence-electron chi connectivity index (χ1n) is 9.03. The van der Waals surface area contributed by atoms with Crippen LogP contribution in [0.2, 0.25) is 0 Å². The Kier molecular flexibility index (Phi) is 5.36. The maximum absolute atomic E-state index is 12.3. The van der Waals surface area contributed by atoms with Gasteiger partial charge in [-0.2, -0.15) is 0 Å². The maximum Gasteiger partial charge on any atom is 0.227 e. The molecule has 134 valence electrons. The molecule has 1 unspecified atom stereocenters. The molecule has 1 aromatic carbocycles. The summed E-state index contributed by atoms with van der Waals surface area (Å²) in [6, 6.07) is 7.82. The summed E-state index contributed by atoms with van der Waals surface area (Å²) >= 11 is 0. The number of hydrogen-bond acceptors (Lipinski definition) is 3. The number of hydrogen-bond donors (Lipinski definition) is 2. The second-order valence-electron chi connectivity index (χ2n) is 6.74. The molecule has 0 radical (unpaired) electrons. The number of anilines is 1. The first-order valence-corrected chi connectivity index (χ1v) is 9.03. The topological polar surface area (TPSA) is 78.5 Å². The molecule has 2 aliphatic rings. The zero-order valence-electron chi connectivity index (χ0n) is 14.6. The van der Waals surface area contributed by atoms with Gasteiger partial charge in [-0.05, 0) is 30.9 Å². The van der Waals surface area contributed by atoms with Crippen LogP contribution in [-0.2, 0) is 20.8 Å². The zero-order chi connectivity index (χ0) is 17.8. The minimum Gasteiger partial charge on any atom is -0.354 e. The second kappa shape index (κ2) is 7.68. The number of nitrogens with one attached hydrogen (secondary N) is 2. The average Bonchev–Trinajstić information content (AvgIpc) is 3.40. The summed E-state index contributed by atoms with van der Waals surface area (Å²) in [5.41, 5.74) is 2.02. The lowest BCUT2D eigenvalue weighted by Gasteiger charge is -2.20. The van der Waals surface area contributed by atoms with E-state index in [4.69, 9.17) is 0 Å². The van der Waals surface area contributed by atoms with Crippen LogP contribution >= 0.6 is 0 Å². The summed E-state index contributed by atoms with van der Waals surface area (Å²) in [6.45, 7) is 3.30. The van der Waals surface area contributed by atoms with Gasteiger partial charge in [0.2, 0.25) is 17.7 Å². The number of rotatable bonds is 7. The number of nitrogens with zero attached hydrogens (tertiary/aromatic N) is 1. The third-order valence-corrected chi connectivity index (χ3v) is 4.83. The van der Waals surface area contributed by atoms with E-state index in [1.165, 1.54) is 0 Å². The van der Waals surface area contributed by atoms with E-state index in [9.17, 15) is 14.4 Å². The molecule has 1 aromatic rings. The predicted octanol–water partition coefficient (Wildman–Crippen LogP) is 1.24. The van der Waals surface area contributed by atoms with Crippen molar-refractivity contribution in [3.8, 4) is 0 Å². The van der Waals surface area contributed by atoms with Gasteiger partial charge in [-0.3, -0.25) is 14.4 Å². The molecule has 25 heavy (non-hydrogen) atoms. The monoisotopic (exact) mass is 343 g/mol. The summed E-state index contributed by atoms with van der Waals surface area (Å²) in [5.74, 6) is -0.215. The highest BCUT2D eigenvalue weighted by atomic mass is 16.2. The van der Waals surface area contributed by atoms with Gasteiger partial charge in [-0.15, -0.1) is 0 Å². The third-order valence-electron chi connectivity index (χ3n) is 4.83. The molecule has 3 amide bonds. The van der Waals surface area contributed by atoms with E-state index in [0.717, 1.165) is 30.5 Å². The van der Waals surface area contributed by atoms with Gasteiger partial charge >= 0.3 is 0 Å². The smallest absolute Gasteiger partial charge is 0.227 e. The lowest BCUT2D eigenvalue weighted by Crippen LogP contribution is -2.38. The Hall–Kier alpha value is -2.37. The molecular formula is C19H25N3O3. The molecule has 0 spiro atoms. The summed E-state index contributed by atoms with van der Waals surface area (Å²) in [4.78, 5) is 37.9. The predicted molar refractivity (Wildman–Crippen MR) is 95.0 cm³/mol. The Bertz CT molecular complexity index is 670. The van der Waals surface area contributed by atoms with E-state index in [1.807, 2.05) is 24.3 Å². The van der Waals surface area contributed by atoms with Crippen LogP contribution in [0.3, 0.4) is 0 Å². The summed E-state index contributed by atoms with van der Waals surface area (Å²) in [5, 5.41) is 5.65. The summed E-state index contributed by atoms with van der Waals surface area (Å²) < 4.78 is 0. The van der Waals surface area contributed by atoms with Crippen LogP contribution in [0.25, 0.3) is 0 Å². The van der Waals surface area contributed by atoms with Crippen molar-refractivity contribution < 1.29 is 14.4 Å². The van der Waals surface area contributed by atoms with E-state index in [-0.39, 0.29) is 36.0 Å². The van der Waals surface area contributed by atoms with Crippen LogP contribution in [0.15, 0.2) is 24.3 Å². The molecule has 3 rings (SSSR count). The van der Waals surface area contributed by atoms with Crippen molar-refractivity contribution in [1.29, 1.82) is 0 Å². The number of amides is 3. The fourth-order valence-electron chi connectivity index (χ4n) is 3.19. The molecule has 6 nitrogen and oxygen atoms in total. The average molecular weight is 343 g/mol. The van der Waals surface area contributed by atoms with E-state index in [2.05, 4.69) is 17.6 Å². The van der Waals surface area contributed by atoms with Crippen molar-refractivity contribution in [3.63, 3.8) is 0 Å². The van der Waals surface area contributed by atoms with Crippen LogP contribution < -0.4 is 15.5 Å². The molecule has 0 aromatic heterocycles. The number of para-hydroxylation sites is 1. The Balaban J connectivity index is 1.49. The normalized spacial score (nSPS) is 19.8. The Labute approximate surface area is 148 Å². The number of aryl methyl sites for hydroxylation is 1. The van der Waals surface area contributed by atoms with E-state index < -0.39 is 0 Å². The van der Waals surface area contributed by atoms with Crippen LogP contribution in [0.5, 0.6) is 0 Å². The van der Waals surface area contributed by atoms with Crippen LogP contribution in [0, 0.1) is 11.8 Å². The number of carbonyl (C=O) groups excluding carboxylic acids is 3. The van der Waals surface area contributed by atoms with Crippen molar-refractivity contribution in [1.82, 2.24) is 10.6 Å². The quantitative estimate of drug-likeness (QED) is 0.731. The molecular weight excluding hydrogens is 318 g/mol. The Morgan fingerprint density at radius 1 is 1.08 bits per heavy atom. The van der Waals surface area contributed by atoms with Gasteiger partial charge in [0.25, 0.3) is 0 Å². The van der Waals surface area contributed by atoms with Crippen LogP contribution in [-0.4, -0.2) is 37.4 Å². The minimum atomic E-state index is -0.337. The fraction of sp³-hybridized carbons (Fsp3) is 0.526. The molecule has 6 heteroatoms. The zero-order valence-corrected chi connectivity index (χ0v) is 14.6. The van der Waals surface area contributed by atoms with Crippen LogP contribution in [0.1, 0.15) is 31.7 Å². The molecule has 2 N–H and O–H groups in total. The second-order valence-corrected chi connectivity index (χ2v) is 6.74. The lowest BCUT2D eigenvalue weighted by atomic mass is 10.1. The first-order chi connectivity index (χ1) is 12.1. The maximum atomic E-state index is 12.3. The highest BCUT2D eigenvalue weighted by Gasteiger charge is 2.35. The molecule has 2 fully saturated rings. The van der Waals surface area contributed by atoms with E-state index in [1.54, 1.807) is 4.90 Å². The highest BCUT2D eigenvalue weighted by molar-refractivity contribution is 6.00. The minimum absolute atomic E-state index is 0.0110. The largest absolute Gasteiger partial charge is 0.354 e. The third kappa shape index (κ3) is 4.18. The van der Waals surface area contributed by atoms with Gasteiger partial charge in [-0.25, -0.2) is 0 Å².